The van der Waals surface area contributed by atoms with Crippen LogP contribution in [0.2, 0.25) is 0 Å². The van der Waals surface area contributed by atoms with Gasteiger partial charge in [0, 0.05) is 46.8 Å². The number of benzene rings is 7. The molecule has 9 aromatic rings. The van der Waals surface area contributed by atoms with Gasteiger partial charge in [0.25, 0.3) is 0 Å². The maximum Gasteiger partial charge on any atom is 0.163 e. The number of para-hydroxylation sites is 1. The lowest BCUT2D eigenvalue weighted by Gasteiger charge is -2.60. The first kappa shape index (κ1) is 35.7. The minimum atomic E-state index is -0.292. The van der Waals surface area contributed by atoms with E-state index in [2.05, 4.69) is 175 Å². The van der Waals surface area contributed by atoms with Gasteiger partial charge in [0.2, 0.25) is 0 Å². The Hall–Kier alpha value is -6.08. The van der Waals surface area contributed by atoms with Crippen LogP contribution in [0, 0.1) is 23.7 Å². The van der Waals surface area contributed by atoms with Crippen molar-refractivity contribution >= 4 is 60.3 Å². The molecule has 0 saturated heterocycles. The summed E-state index contributed by atoms with van der Waals surface area (Å²) in [6.07, 6.45) is 6.35. The highest BCUT2D eigenvalue weighted by Gasteiger charge is 2.60. The molecule has 3 heterocycles. The van der Waals surface area contributed by atoms with Crippen LogP contribution in [0.3, 0.4) is 0 Å². The maximum absolute atomic E-state index is 5.52. The van der Waals surface area contributed by atoms with Crippen LogP contribution in [0.15, 0.2) is 180 Å². The Kier molecular flexibility index (Phi) is 8.17. The van der Waals surface area contributed by atoms with E-state index in [-0.39, 0.29) is 5.41 Å². The Morgan fingerprint density at radius 1 is 0.459 bits per heavy atom. The second kappa shape index (κ2) is 14.0. The van der Waals surface area contributed by atoms with Crippen molar-refractivity contribution in [3.63, 3.8) is 0 Å². The number of nitrogens with zero attached hydrogens (tertiary/aromatic N) is 4. The average Bonchev–Trinajstić information content (AvgIpc) is 3.69. The van der Waals surface area contributed by atoms with Crippen LogP contribution >= 0.6 is 23.1 Å². The van der Waals surface area contributed by atoms with Crippen LogP contribution in [0.5, 0.6) is 0 Å². The molecule has 0 unspecified atom stereocenters. The first-order valence-electron chi connectivity index (χ1n) is 21.8. The third-order valence-corrected chi connectivity index (χ3v) is 16.6. The molecule has 5 aliphatic rings. The zero-order chi connectivity index (χ0) is 40.1. The monoisotopic (exact) mass is 822 g/mol. The summed E-state index contributed by atoms with van der Waals surface area (Å²) in [6.45, 7) is 0. The molecule has 4 aliphatic carbocycles. The summed E-state index contributed by atoms with van der Waals surface area (Å²) in [7, 11) is 0. The molecule has 0 N–H and O–H groups in total. The maximum atomic E-state index is 5.52. The predicted octanol–water partition coefficient (Wildman–Crippen LogP) is 14.9. The molecule has 4 bridgehead atoms. The first-order valence-corrected chi connectivity index (χ1v) is 23.4. The Morgan fingerprint density at radius 2 is 1.05 bits per heavy atom. The molecule has 4 saturated carbocycles. The lowest BCUT2D eigenvalue weighted by molar-refractivity contribution is -0.0454. The van der Waals surface area contributed by atoms with Crippen LogP contribution in [-0.2, 0) is 5.41 Å². The van der Waals surface area contributed by atoms with Gasteiger partial charge >= 0.3 is 0 Å². The SMILES string of the molecule is c1ccc(-c2nc(-c3ccccc3)nc(C3(c4ccc(N5c6ccccc6Sc6cc(-c7ccc8sc9ccccc9c8c7)ccc65)cc4)C4CC5CC(C4)CC3C5)n2)cc1. The van der Waals surface area contributed by atoms with Crippen molar-refractivity contribution in [2.45, 2.75) is 47.3 Å². The molecule has 0 atom stereocenters. The molecule has 7 aromatic carbocycles. The van der Waals surface area contributed by atoms with Gasteiger partial charge in [-0.15, -0.1) is 11.3 Å². The van der Waals surface area contributed by atoms with Gasteiger partial charge in [0.1, 0.15) is 5.82 Å². The van der Waals surface area contributed by atoms with E-state index in [1.807, 2.05) is 23.1 Å². The zero-order valence-corrected chi connectivity index (χ0v) is 35.2. The molecule has 61 heavy (non-hydrogen) atoms. The second-order valence-corrected chi connectivity index (χ2v) is 19.8. The van der Waals surface area contributed by atoms with Crippen LogP contribution in [0.25, 0.3) is 54.1 Å². The highest BCUT2D eigenvalue weighted by atomic mass is 32.2. The quantitative estimate of drug-likeness (QED) is 0.167. The molecule has 0 amide bonds. The van der Waals surface area contributed by atoms with Crippen molar-refractivity contribution < 1.29 is 0 Å². The summed E-state index contributed by atoms with van der Waals surface area (Å²) in [6, 6.07) is 62.2. The molecule has 2 aromatic heterocycles. The van der Waals surface area contributed by atoms with Crippen molar-refractivity contribution in [2.75, 3.05) is 4.90 Å². The molecular formula is C55H42N4S2. The molecule has 0 spiro atoms. The average molecular weight is 823 g/mol. The summed E-state index contributed by atoms with van der Waals surface area (Å²) >= 11 is 3.74. The van der Waals surface area contributed by atoms with E-state index in [9.17, 15) is 0 Å². The number of fused-ring (bicyclic) bond motifs is 5. The van der Waals surface area contributed by atoms with Crippen LogP contribution in [0.1, 0.15) is 43.5 Å². The van der Waals surface area contributed by atoms with Gasteiger partial charge in [0.05, 0.1) is 16.8 Å². The summed E-state index contributed by atoms with van der Waals surface area (Å²) in [4.78, 5) is 21.2. The molecule has 1 aliphatic heterocycles. The number of rotatable bonds is 6. The van der Waals surface area contributed by atoms with E-state index < -0.39 is 0 Å². The number of anilines is 3. The Balaban J connectivity index is 0.936. The summed E-state index contributed by atoms with van der Waals surface area (Å²) in [5, 5.41) is 2.66. The standard InChI is InChI=1S/C55H42N4S2/c1-3-11-36(12-4-1)52-56-53(37-13-5-2-6-14-37)58-54(57-52)55(41-28-34-27-35(30-41)31-42(55)29-34)40-21-23-43(24-22-40)59-46-16-8-10-18-50(46)61-51-33-39(19-25-47(51)59)38-20-26-49-45(32-38)44-15-7-9-17-48(44)60-49/h1-26,32-35,41-42H,27-31H2. The van der Waals surface area contributed by atoms with Crippen molar-refractivity contribution in [1.29, 1.82) is 0 Å². The van der Waals surface area contributed by atoms with E-state index in [0.29, 0.717) is 11.8 Å². The molecule has 0 radical (unpaired) electrons. The van der Waals surface area contributed by atoms with Gasteiger partial charge in [-0.05, 0) is 127 Å². The van der Waals surface area contributed by atoms with E-state index in [0.717, 1.165) is 40.4 Å². The molecule has 4 nitrogen and oxygen atoms in total. The fourth-order valence-corrected chi connectivity index (χ4v) is 14.1. The molecule has 294 valence electrons. The highest BCUT2D eigenvalue weighted by molar-refractivity contribution is 7.99. The number of thiophene rings is 1. The van der Waals surface area contributed by atoms with Crippen LogP contribution in [-0.4, -0.2) is 15.0 Å². The largest absolute Gasteiger partial charge is 0.308 e. The molecular weight excluding hydrogens is 781 g/mol. The van der Waals surface area contributed by atoms with Gasteiger partial charge in [0.15, 0.2) is 11.6 Å². The third-order valence-electron chi connectivity index (χ3n) is 14.3. The van der Waals surface area contributed by atoms with Crippen molar-refractivity contribution in [1.82, 2.24) is 15.0 Å². The zero-order valence-electron chi connectivity index (χ0n) is 33.6. The predicted molar refractivity (Wildman–Crippen MR) is 252 cm³/mol. The van der Waals surface area contributed by atoms with Gasteiger partial charge in [-0.25, -0.2) is 15.0 Å². The van der Waals surface area contributed by atoms with E-state index in [1.54, 1.807) is 0 Å². The highest BCUT2D eigenvalue weighted by Crippen LogP contribution is 2.65. The van der Waals surface area contributed by atoms with Crippen LogP contribution < -0.4 is 4.90 Å². The lowest BCUT2D eigenvalue weighted by Crippen LogP contribution is -2.57. The van der Waals surface area contributed by atoms with E-state index in [1.165, 1.54) is 95.8 Å². The number of hydrogen-bond donors (Lipinski definition) is 0. The van der Waals surface area contributed by atoms with E-state index >= 15 is 0 Å². The number of hydrogen-bond acceptors (Lipinski definition) is 6. The van der Waals surface area contributed by atoms with Gasteiger partial charge in [-0.3, -0.25) is 0 Å². The Morgan fingerprint density at radius 3 is 1.77 bits per heavy atom. The second-order valence-electron chi connectivity index (χ2n) is 17.7. The topological polar surface area (TPSA) is 41.9 Å². The van der Waals surface area contributed by atoms with Crippen LogP contribution in [0.4, 0.5) is 17.1 Å². The van der Waals surface area contributed by atoms with Gasteiger partial charge in [-0.2, -0.15) is 0 Å². The fourth-order valence-electron chi connectivity index (χ4n) is 11.9. The normalized spacial score (nSPS) is 22.4. The first-order chi connectivity index (χ1) is 30.2. The Labute approximate surface area is 364 Å². The van der Waals surface area contributed by atoms with Crippen molar-refractivity contribution in [3.05, 3.63) is 181 Å². The molecule has 6 heteroatoms. The minimum Gasteiger partial charge on any atom is -0.308 e. The summed E-state index contributed by atoms with van der Waals surface area (Å²) < 4.78 is 2.67. The summed E-state index contributed by atoms with van der Waals surface area (Å²) in [5.41, 5.74) is 9.20. The van der Waals surface area contributed by atoms with Crippen molar-refractivity contribution in [2.24, 2.45) is 23.7 Å². The van der Waals surface area contributed by atoms with E-state index in [4.69, 9.17) is 15.0 Å². The molecule has 14 rings (SSSR count). The Bertz CT molecular complexity index is 3050. The minimum absolute atomic E-state index is 0.292. The lowest BCUT2D eigenvalue weighted by atomic mass is 9.43. The third kappa shape index (κ3) is 5.68. The number of aromatic nitrogens is 3. The smallest absolute Gasteiger partial charge is 0.163 e. The fraction of sp³-hybridized carbons (Fsp3) is 0.182. The van der Waals surface area contributed by atoms with Gasteiger partial charge in [-0.1, -0.05) is 127 Å². The molecule has 4 fully saturated rings. The summed E-state index contributed by atoms with van der Waals surface area (Å²) in [5.74, 6) is 5.05. The van der Waals surface area contributed by atoms with Crippen molar-refractivity contribution in [3.8, 4) is 33.9 Å². The van der Waals surface area contributed by atoms with Gasteiger partial charge < -0.3 is 4.90 Å².